The molecule has 0 aromatic rings. The summed E-state index contributed by atoms with van der Waals surface area (Å²) in [6.07, 6.45) is 65.6. The average Bonchev–Trinajstić information content (AvgIpc) is 3.29. The number of rotatable bonds is 52. The highest BCUT2D eigenvalue weighted by Gasteiger charge is 2.20. The van der Waals surface area contributed by atoms with E-state index in [4.69, 9.17) is 4.74 Å². The number of unbranched alkanes of at least 4 members (excludes halogenated alkanes) is 35. The first-order valence-corrected chi connectivity index (χ1v) is 28.2. The maximum absolute atomic E-state index is 12.5. The summed E-state index contributed by atoms with van der Waals surface area (Å²) in [7, 11) is 0. The summed E-state index contributed by atoms with van der Waals surface area (Å²) < 4.78 is 5.43. The number of hydrogen-bond donors (Lipinski definition) is 3. The van der Waals surface area contributed by atoms with E-state index in [1.807, 2.05) is 0 Å². The van der Waals surface area contributed by atoms with Gasteiger partial charge >= 0.3 is 5.97 Å². The number of nitrogens with one attached hydrogen (secondary N) is 1. The second-order valence-electron chi connectivity index (χ2n) is 19.3. The van der Waals surface area contributed by atoms with Crippen LogP contribution in [-0.4, -0.2) is 47.4 Å². The van der Waals surface area contributed by atoms with E-state index < -0.39 is 12.1 Å². The third kappa shape index (κ3) is 49.5. The van der Waals surface area contributed by atoms with Crippen molar-refractivity contribution in [1.82, 2.24) is 5.32 Å². The molecule has 0 rings (SSSR count). The Morgan fingerprint density at radius 1 is 0.438 bits per heavy atom. The van der Waals surface area contributed by atoms with Crippen LogP contribution in [0.2, 0.25) is 0 Å². The van der Waals surface area contributed by atoms with E-state index in [0.29, 0.717) is 25.9 Å². The Bertz CT molecular complexity index is 1040. The maximum atomic E-state index is 12.5. The number of amides is 1. The molecule has 0 aliphatic heterocycles. The van der Waals surface area contributed by atoms with E-state index in [2.05, 4.69) is 55.6 Å². The summed E-state index contributed by atoms with van der Waals surface area (Å²) in [6, 6.07) is -0.554. The minimum Gasteiger partial charge on any atom is -0.466 e. The molecule has 0 heterocycles. The number of aliphatic hydroxyl groups is 2. The first kappa shape index (κ1) is 62.1. The lowest BCUT2D eigenvalue weighted by Crippen LogP contribution is -2.45. The molecule has 376 valence electrons. The van der Waals surface area contributed by atoms with Crippen LogP contribution in [0.4, 0.5) is 0 Å². The molecule has 1 amide bonds. The fourth-order valence-electron chi connectivity index (χ4n) is 8.55. The molecule has 3 N–H and O–H groups in total. The summed E-state index contributed by atoms with van der Waals surface area (Å²) in [5.41, 5.74) is 0. The van der Waals surface area contributed by atoms with Crippen molar-refractivity contribution in [3.05, 3.63) is 36.5 Å². The largest absolute Gasteiger partial charge is 0.466 e. The van der Waals surface area contributed by atoms with Gasteiger partial charge in [-0.05, 0) is 89.9 Å². The number of carbonyl (C=O) groups is 2. The highest BCUT2D eigenvalue weighted by molar-refractivity contribution is 5.76. The van der Waals surface area contributed by atoms with Crippen LogP contribution in [0.5, 0.6) is 0 Å². The predicted molar refractivity (Wildman–Crippen MR) is 278 cm³/mol. The van der Waals surface area contributed by atoms with Crippen LogP contribution in [-0.2, 0) is 14.3 Å². The zero-order valence-electron chi connectivity index (χ0n) is 42.8. The second kappa shape index (κ2) is 53.7. The van der Waals surface area contributed by atoms with Crippen LogP contribution in [0.3, 0.4) is 0 Å². The molecule has 2 unspecified atom stereocenters. The Kier molecular flexibility index (Phi) is 52.1. The molecule has 0 bridgehead atoms. The van der Waals surface area contributed by atoms with Gasteiger partial charge in [0.05, 0.1) is 25.4 Å². The highest BCUT2D eigenvalue weighted by Crippen LogP contribution is 2.17. The highest BCUT2D eigenvalue weighted by atomic mass is 16.5. The van der Waals surface area contributed by atoms with Gasteiger partial charge in [-0.25, -0.2) is 0 Å². The quantitative estimate of drug-likeness (QED) is 0.0321. The second-order valence-corrected chi connectivity index (χ2v) is 19.3. The van der Waals surface area contributed by atoms with Crippen LogP contribution in [0.1, 0.15) is 296 Å². The monoisotopic (exact) mass is 900 g/mol. The van der Waals surface area contributed by atoms with Gasteiger partial charge in [-0.15, -0.1) is 0 Å². The van der Waals surface area contributed by atoms with Crippen LogP contribution in [0.25, 0.3) is 0 Å². The molecule has 6 nitrogen and oxygen atoms in total. The first-order chi connectivity index (χ1) is 31.5. The fourth-order valence-corrected chi connectivity index (χ4v) is 8.55. The predicted octanol–water partition coefficient (Wildman–Crippen LogP) is 17.2. The third-order valence-electron chi connectivity index (χ3n) is 12.9. The van der Waals surface area contributed by atoms with Crippen LogP contribution in [0.15, 0.2) is 36.5 Å². The molecule has 64 heavy (non-hydrogen) atoms. The van der Waals surface area contributed by atoms with E-state index in [1.54, 1.807) is 0 Å². The fraction of sp³-hybridized carbons (Fsp3) is 0.862. The number of allylic oxidation sites excluding steroid dienone is 6. The summed E-state index contributed by atoms with van der Waals surface area (Å²) in [5.74, 6) is -0.0757. The van der Waals surface area contributed by atoms with E-state index in [9.17, 15) is 19.8 Å². The number of aliphatic hydroxyl groups excluding tert-OH is 2. The van der Waals surface area contributed by atoms with Crippen LogP contribution < -0.4 is 5.32 Å². The van der Waals surface area contributed by atoms with Gasteiger partial charge in [-0.1, -0.05) is 230 Å². The Labute approximate surface area is 398 Å². The van der Waals surface area contributed by atoms with Crippen molar-refractivity contribution in [3.63, 3.8) is 0 Å². The van der Waals surface area contributed by atoms with Gasteiger partial charge in [0, 0.05) is 12.8 Å². The van der Waals surface area contributed by atoms with Crippen molar-refractivity contribution in [2.24, 2.45) is 0 Å². The summed E-state index contributed by atoms with van der Waals surface area (Å²) in [6.45, 7) is 4.89. The average molecular weight is 901 g/mol. The van der Waals surface area contributed by atoms with Crippen molar-refractivity contribution in [1.29, 1.82) is 0 Å². The zero-order valence-corrected chi connectivity index (χ0v) is 42.8. The SMILES string of the molecule is CCCCC/C=C\CCCCCCCC(=O)OCCCCC/C=C\C/C=C\CCCCCCCCCC(=O)NC(CO)C(O)CCCCCCCCCCCCCCCCCCCC. The van der Waals surface area contributed by atoms with Gasteiger partial charge < -0.3 is 20.3 Å². The molecular formula is C58H109NO5. The standard InChI is InChI=1S/C58H109NO5/c1-3-5-7-9-11-13-15-17-18-19-21-24-27-30-34-38-42-46-50-56(61)55(54-60)59-57(62)51-47-43-39-35-31-28-25-22-20-23-26-29-33-37-41-45-49-53-64-58(63)52-48-44-40-36-32-16-14-12-10-8-6-4-2/h12,14,20,23,29,33,55-56,60-61H,3-11,13,15-19,21-22,24-28,30-32,34-54H2,1-2H3,(H,59,62)/b14-12-,23-20-,33-29-. The Morgan fingerprint density at radius 2 is 0.781 bits per heavy atom. The first-order valence-electron chi connectivity index (χ1n) is 28.2. The smallest absolute Gasteiger partial charge is 0.305 e. The Morgan fingerprint density at radius 3 is 1.23 bits per heavy atom. The zero-order chi connectivity index (χ0) is 46.5. The number of hydrogen-bond acceptors (Lipinski definition) is 5. The Hall–Kier alpha value is -1.92. The summed E-state index contributed by atoms with van der Waals surface area (Å²) >= 11 is 0. The molecule has 0 aromatic heterocycles. The van der Waals surface area contributed by atoms with E-state index in [0.717, 1.165) is 83.5 Å². The molecule has 6 heteroatoms. The molecule has 0 aliphatic rings. The van der Waals surface area contributed by atoms with Gasteiger partial charge in [0.2, 0.25) is 5.91 Å². The molecule has 0 spiro atoms. The lowest BCUT2D eigenvalue weighted by atomic mass is 10.0. The van der Waals surface area contributed by atoms with Crippen molar-refractivity contribution >= 4 is 11.9 Å². The van der Waals surface area contributed by atoms with Gasteiger partial charge in [0.25, 0.3) is 0 Å². The number of esters is 1. The van der Waals surface area contributed by atoms with Crippen LogP contribution >= 0.6 is 0 Å². The minimum absolute atomic E-state index is 0.0256. The van der Waals surface area contributed by atoms with Gasteiger partial charge in [-0.2, -0.15) is 0 Å². The van der Waals surface area contributed by atoms with Crippen molar-refractivity contribution < 1.29 is 24.5 Å². The molecule has 0 saturated heterocycles. The number of ether oxygens (including phenoxy) is 1. The molecule has 0 fully saturated rings. The lowest BCUT2D eigenvalue weighted by molar-refractivity contribution is -0.143. The van der Waals surface area contributed by atoms with E-state index >= 15 is 0 Å². The normalized spacial score (nSPS) is 12.9. The van der Waals surface area contributed by atoms with Gasteiger partial charge in [0.15, 0.2) is 0 Å². The van der Waals surface area contributed by atoms with E-state index in [1.165, 1.54) is 180 Å². The summed E-state index contributed by atoms with van der Waals surface area (Å²) in [5, 5.41) is 23.3. The molecule has 0 saturated carbocycles. The Balaban J connectivity index is 3.51. The van der Waals surface area contributed by atoms with E-state index in [-0.39, 0.29) is 18.5 Å². The third-order valence-corrected chi connectivity index (χ3v) is 12.9. The lowest BCUT2D eigenvalue weighted by Gasteiger charge is -2.22. The van der Waals surface area contributed by atoms with Crippen molar-refractivity contribution in [2.75, 3.05) is 13.2 Å². The molecule has 0 aromatic carbocycles. The minimum atomic E-state index is -0.676. The topological polar surface area (TPSA) is 95.9 Å². The molecule has 0 radical (unpaired) electrons. The van der Waals surface area contributed by atoms with Gasteiger partial charge in [-0.3, -0.25) is 9.59 Å². The van der Waals surface area contributed by atoms with Crippen molar-refractivity contribution in [2.45, 2.75) is 309 Å². The number of carbonyl (C=O) groups excluding carboxylic acids is 2. The van der Waals surface area contributed by atoms with Crippen molar-refractivity contribution in [3.8, 4) is 0 Å². The van der Waals surface area contributed by atoms with Gasteiger partial charge in [0.1, 0.15) is 0 Å². The maximum Gasteiger partial charge on any atom is 0.305 e. The molecule has 0 aliphatic carbocycles. The molecular weight excluding hydrogens is 791 g/mol. The molecule has 2 atom stereocenters. The summed E-state index contributed by atoms with van der Waals surface area (Å²) in [4.78, 5) is 24.5. The van der Waals surface area contributed by atoms with Crippen LogP contribution in [0, 0.1) is 0 Å².